The Labute approximate surface area is 147 Å². The standard InChI is InChI=1S/C18H20N2O4S/c1-20(2)25(22,23)16-9-7-15(8-10-16)19-18(21)14-11-13-5-3-4-6-17(13)24-12-14/h3-10,14H,11-12H2,1-2H3,(H,19,21). The van der Waals surface area contributed by atoms with E-state index in [1.807, 2.05) is 24.3 Å². The number of fused-ring (bicyclic) bond motifs is 1. The second-order valence-corrected chi connectivity index (χ2v) is 8.27. The van der Waals surface area contributed by atoms with Gasteiger partial charge in [0.1, 0.15) is 12.4 Å². The van der Waals surface area contributed by atoms with Crippen LogP contribution in [0.1, 0.15) is 5.56 Å². The molecule has 1 amide bonds. The molecule has 1 N–H and O–H groups in total. The van der Waals surface area contributed by atoms with E-state index in [2.05, 4.69) is 5.32 Å². The molecular formula is C18H20N2O4S. The van der Waals surface area contributed by atoms with Crippen LogP contribution in [0.5, 0.6) is 5.75 Å². The zero-order chi connectivity index (χ0) is 18.0. The van der Waals surface area contributed by atoms with E-state index in [4.69, 9.17) is 4.74 Å². The summed E-state index contributed by atoms with van der Waals surface area (Å²) in [5, 5.41) is 2.82. The highest BCUT2D eigenvalue weighted by Crippen LogP contribution is 2.27. The maximum Gasteiger partial charge on any atom is 0.242 e. The van der Waals surface area contributed by atoms with Crippen molar-refractivity contribution in [3.8, 4) is 5.75 Å². The Hall–Kier alpha value is -2.38. The number of sulfonamides is 1. The van der Waals surface area contributed by atoms with Gasteiger partial charge in [-0.3, -0.25) is 4.79 Å². The number of nitrogens with one attached hydrogen (secondary N) is 1. The molecule has 7 heteroatoms. The van der Waals surface area contributed by atoms with Gasteiger partial charge in [-0.15, -0.1) is 0 Å². The Morgan fingerprint density at radius 1 is 1.12 bits per heavy atom. The molecule has 1 heterocycles. The topological polar surface area (TPSA) is 75.7 Å². The van der Waals surface area contributed by atoms with Gasteiger partial charge in [0.25, 0.3) is 0 Å². The molecule has 0 spiro atoms. The lowest BCUT2D eigenvalue weighted by Gasteiger charge is -2.24. The normalized spacial score (nSPS) is 16.8. The summed E-state index contributed by atoms with van der Waals surface area (Å²) in [6.45, 7) is 0.329. The third-order valence-electron chi connectivity index (χ3n) is 4.15. The van der Waals surface area contributed by atoms with Gasteiger partial charge in [-0.25, -0.2) is 12.7 Å². The molecule has 1 atom stereocenters. The number of carbonyl (C=O) groups is 1. The van der Waals surface area contributed by atoms with E-state index in [-0.39, 0.29) is 16.7 Å². The highest BCUT2D eigenvalue weighted by atomic mass is 32.2. The Balaban J connectivity index is 1.68. The second kappa shape index (κ2) is 6.85. The molecule has 0 radical (unpaired) electrons. The Bertz CT molecular complexity index is 876. The Morgan fingerprint density at radius 2 is 1.80 bits per heavy atom. The van der Waals surface area contributed by atoms with Gasteiger partial charge in [0, 0.05) is 19.8 Å². The van der Waals surface area contributed by atoms with Gasteiger partial charge in [-0.1, -0.05) is 18.2 Å². The first-order valence-corrected chi connectivity index (χ1v) is 9.36. The summed E-state index contributed by atoms with van der Waals surface area (Å²) in [6.07, 6.45) is 0.620. The fourth-order valence-corrected chi connectivity index (χ4v) is 3.56. The summed E-state index contributed by atoms with van der Waals surface area (Å²) in [6, 6.07) is 13.8. The SMILES string of the molecule is CN(C)S(=O)(=O)c1ccc(NC(=O)C2COc3ccccc3C2)cc1. The monoisotopic (exact) mass is 360 g/mol. The van der Waals surface area contributed by atoms with Crippen molar-refractivity contribution in [2.75, 3.05) is 26.0 Å². The van der Waals surface area contributed by atoms with Gasteiger partial charge in [0.05, 0.1) is 10.8 Å². The van der Waals surface area contributed by atoms with Gasteiger partial charge >= 0.3 is 0 Å². The molecule has 0 aromatic heterocycles. The second-order valence-electron chi connectivity index (χ2n) is 6.12. The van der Waals surface area contributed by atoms with Gasteiger partial charge in [0.15, 0.2) is 0 Å². The molecule has 0 saturated heterocycles. The number of para-hydroxylation sites is 1. The first-order valence-electron chi connectivity index (χ1n) is 7.92. The third-order valence-corrected chi connectivity index (χ3v) is 5.98. The summed E-state index contributed by atoms with van der Waals surface area (Å²) in [4.78, 5) is 12.6. The minimum atomic E-state index is -3.48. The first-order chi connectivity index (χ1) is 11.9. The quantitative estimate of drug-likeness (QED) is 0.906. The van der Waals surface area contributed by atoms with Crippen LogP contribution in [-0.2, 0) is 21.2 Å². The van der Waals surface area contributed by atoms with Crippen molar-refractivity contribution in [2.24, 2.45) is 5.92 Å². The van der Waals surface area contributed by atoms with Crippen LogP contribution in [0.4, 0.5) is 5.69 Å². The van der Waals surface area contributed by atoms with E-state index in [0.29, 0.717) is 18.7 Å². The van der Waals surface area contributed by atoms with E-state index in [1.54, 1.807) is 12.1 Å². The molecular weight excluding hydrogens is 340 g/mol. The molecule has 2 aromatic rings. The van der Waals surface area contributed by atoms with Gasteiger partial charge < -0.3 is 10.1 Å². The highest BCUT2D eigenvalue weighted by molar-refractivity contribution is 7.89. The van der Waals surface area contributed by atoms with Crippen molar-refractivity contribution in [1.82, 2.24) is 4.31 Å². The number of nitrogens with zero attached hydrogens (tertiary/aromatic N) is 1. The smallest absolute Gasteiger partial charge is 0.242 e. The molecule has 0 bridgehead atoms. The van der Waals surface area contributed by atoms with E-state index in [1.165, 1.54) is 26.2 Å². The number of hydrogen-bond acceptors (Lipinski definition) is 4. The average Bonchev–Trinajstić information content (AvgIpc) is 2.61. The number of ether oxygens (including phenoxy) is 1. The molecule has 1 aliphatic heterocycles. The number of carbonyl (C=O) groups excluding carboxylic acids is 1. The predicted octanol–water partition coefficient (Wildman–Crippen LogP) is 2.13. The number of hydrogen-bond donors (Lipinski definition) is 1. The van der Waals surface area contributed by atoms with Crippen LogP contribution in [0.15, 0.2) is 53.4 Å². The summed E-state index contributed by atoms with van der Waals surface area (Å²) in [5.74, 6) is 0.405. The van der Waals surface area contributed by atoms with Gasteiger partial charge in [-0.2, -0.15) is 0 Å². The molecule has 1 unspecified atom stereocenters. The lowest BCUT2D eigenvalue weighted by molar-refractivity contribution is -0.121. The molecule has 0 saturated carbocycles. The average molecular weight is 360 g/mol. The van der Waals surface area contributed by atoms with Crippen molar-refractivity contribution in [1.29, 1.82) is 0 Å². The maximum absolute atomic E-state index is 12.4. The summed E-state index contributed by atoms with van der Waals surface area (Å²) in [5.41, 5.74) is 1.57. The van der Waals surface area contributed by atoms with Crippen LogP contribution in [-0.4, -0.2) is 39.3 Å². The summed E-state index contributed by atoms with van der Waals surface area (Å²) < 4.78 is 30.9. The zero-order valence-electron chi connectivity index (χ0n) is 14.1. The van der Waals surface area contributed by atoms with Crippen molar-refractivity contribution in [3.05, 3.63) is 54.1 Å². The molecule has 6 nitrogen and oxygen atoms in total. The first kappa shape index (κ1) is 17.4. The molecule has 1 aliphatic rings. The van der Waals surface area contributed by atoms with Crippen LogP contribution in [0.25, 0.3) is 0 Å². The fraction of sp³-hybridized carbons (Fsp3) is 0.278. The van der Waals surface area contributed by atoms with E-state index < -0.39 is 10.0 Å². The molecule has 2 aromatic carbocycles. The lowest BCUT2D eigenvalue weighted by Crippen LogP contribution is -2.32. The zero-order valence-corrected chi connectivity index (χ0v) is 14.9. The largest absolute Gasteiger partial charge is 0.492 e. The third kappa shape index (κ3) is 3.67. The van der Waals surface area contributed by atoms with E-state index in [0.717, 1.165) is 15.6 Å². The van der Waals surface area contributed by atoms with Crippen LogP contribution in [0.2, 0.25) is 0 Å². The number of benzene rings is 2. The van der Waals surface area contributed by atoms with Crippen LogP contribution in [0.3, 0.4) is 0 Å². The molecule has 25 heavy (non-hydrogen) atoms. The van der Waals surface area contributed by atoms with Gasteiger partial charge in [0.2, 0.25) is 15.9 Å². The van der Waals surface area contributed by atoms with Crippen LogP contribution < -0.4 is 10.1 Å². The maximum atomic E-state index is 12.4. The fourth-order valence-electron chi connectivity index (χ4n) is 2.66. The number of rotatable bonds is 4. The molecule has 132 valence electrons. The lowest BCUT2D eigenvalue weighted by atomic mass is 9.96. The van der Waals surface area contributed by atoms with Crippen molar-refractivity contribution in [3.63, 3.8) is 0 Å². The molecule has 3 rings (SSSR count). The predicted molar refractivity (Wildman–Crippen MR) is 95.1 cm³/mol. The minimum absolute atomic E-state index is 0.141. The molecule has 0 fully saturated rings. The number of anilines is 1. The Kier molecular flexibility index (Phi) is 4.78. The van der Waals surface area contributed by atoms with Crippen molar-refractivity contribution in [2.45, 2.75) is 11.3 Å². The van der Waals surface area contributed by atoms with Crippen LogP contribution >= 0.6 is 0 Å². The van der Waals surface area contributed by atoms with E-state index >= 15 is 0 Å². The van der Waals surface area contributed by atoms with Crippen molar-refractivity contribution < 1.29 is 17.9 Å². The van der Waals surface area contributed by atoms with E-state index in [9.17, 15) is 13.2 Å². The molecule has 0 aliphatic carbocycles. The Morgan fingerprint density at radius 3 is 2.48 bits per heavy atom. The van der Waals surface area contributed by atoms with Gasteiger partial charge in [-0.05, 0) is 42.3 Å². The van der Waals surface area contributed by atoms with Crippen molar-refractivity contribution >= 4 is 21.6 Å². The summed E-state index contributed by atoms with van der Waals surface area (Å²) >= 11 is 0. The highest BCUT2D eigenvalue weighted by Gasteiger charge is 2.26. The number of amides is 1. The minimum Gasteiger partial charge on any atom is -0.492 e. The van der Waals surface area contributed by atoms with Crippen LogP contribution in [0, 0.1) is 5.92 Å². The summed E-state index contributed by atoms with van der Waals surface area (Å²) in [7, 11) is -0.519.